The topological polar surface area (TPSA) is 153 Å². The Morgan fingerprint density at radius 1 is 0.867 bits per heavy atom. The summed E-state index contributed by atoms with van der Waals surface area (Å²) in [6, 6.07) is 26.7. The minimum absolute atomic E-state index is 0.0384. The van der Waals surface area contributed by atoms with Gasteiger partial charge in [-0.05, 0) is 48.4 Å². The number of ether oxygens (including phenoxy) is 3. The fourth-order valence-electron chi connectivity index (χ4n) is 5.02. The maximum atomic E-state index is 12.4. The molecule has 0 radical (unpaired) electrons. The Bertz CT molecular complexity index is 1690. The first kappa shape index (κ1) is 30.0. The van der Waals surface area contributed by atoms with Crippen molar-refractivity contribution in [1.82, 2.24) is 24.8 Å². The smallest absolute Gasteiger partial charge is 0.220 e. The van der Waals surface area contributed by atoms with Gasteiger partial charge in [0.25, 0.3) is 0 Å². The predicted octanol–water partition coefficient (Wildman–Crippen LogP) is 3.83. The molecule has 1 fully saturated rings. The summed E-state index contributed by atoms with van der Waals surface area (Å²) in [4.78, 5) is 25.5. The maximum absolute atomic E-state index is 12.4. The van der Waals surface area contributed by atoms with Gasteiger partial charge in [-0.25, -0.2) is 15.0 Å². The standard InChI is InChI=1S/C33H34N6O6/c40-27(12-7-17-43-23-8-3-1-4-9-23)34-19-26-29(41)30(42)33(45-26)39-21-38-28-31(36-20-37-32(28)39)35-18-22-13-15-25(16-14-22)44-24-10-5-2-6-11-24/h1-6,8-11,13-16,20-21,26,29-30,33,41-42H,7,12,17-19H2,(H,34,40)(H,35,36,37)/t26-,29-,30-,33-/m1/s1. The molecule has 4 N–H and O–H groups in total. The van der Waals surface area contributed by atoms with Gasteiger partial charge < -0.3 is 35.1 Å². The Hall–Kier alpha value is -5.04. The number of aliphatic hydroxyl groups is 2. The number of benzene rings is 3. The Balaban J connectivity index is 1.02. The van der Waals surface area contributed by atoms with Crippen LogP contribution in [0.4, 0.5) is 5.82 Å². The van der Waals surface area contributed by atoms with Gasteiger partial charge in [-0.2, -0.15) is 0 Å². The molecule has 3 heterocycles. The molecular formula is C33H34N6O6. The number of para-hydroxylation sites is 2. The van der Waals surface area contributed by atoms with E-state index in [4.69, 9.17) is 14.2 Å². The first-order chi connectivity index (χ1) is 22.0. The number of nitrogens with one attached hydrogen (secondary N) is 2. The van der Waals surface area contributed by atoms with Gasteiger partial charge in [0.1, 0.15) is 41.9 Å². The minimum atomic E-state index is -1.26. The molecule has 12 nitrogen and oxygen atoms in total. The molecule has 1 amide bonds. The van der Waals surface area contributed by atoms with Crippen molar-refractivity contribution in [1.29, 1.82) is 0 Å². The van der Waals surface area contributed by atoms with E-state index in [1.807, 2.05) is 84.9 Å². The van der Waals surface area contributed by atoms with Crippen molar-refractivity contribution in [2.45, 2.75) is 43.9 Å². The number of amides is 1. The van der Waals surface area contributed by atoms with Crippen molar-refractivity contribution in [3.8, 4) is 17.2 Å². The summed E-state index contributed by atoms with van der Waals surface area (Å²) in [5.74, 6) is 2.56. The van der Waals surface area contributed by atoms with Crippen LogP contribution in [0.1, 0.15) is 24.6 Å². The average Bonchev–Trinajstić information content (AvgIpc) is 3.63. The highest BCUT2D eigenvalue weighted by molar-refractivity contribution is 5.82. The van der Waals surface area contributed by atoms with Crippen molar-refractivity contribution in [3.63, 3.8) is 0 Å². The van der Waals surface area contributed by atoms with Crippen LogP contribution in [0.2, 0.25) is 0 Å². The Morgan fingerprint density at radius 2 is 1.58 bits per heavy atom. The third-order valence-electron chi connectivity index (χ3n) is 7.39. The van der Waals surface area contributed by atoms with Crippen molar-refractivity contribution < 1.29 is 29.2 Å². The van der Waals surface area contributed by atoms with Gasteiger partial charge in [0.15, 0.2) is 23.2 Å². The van der Waals surface area contributed by atoms with Gasteiger partial charge in [-0.3, -0.25) is 9.36 Å². The quantitative estimate of drug-likeness (QED) is 0.145. The van der Waals surface area contributed by atoms with Crippen LogP contribution in [-0.4, -0.2) is 67.1 Å². The molecule has 6 rings (SSSR count). The van der Waals surface area contributed by atoms with Crippen LogP contribution in [0.5, 0.6) is 17.2 Å². The van der Waals surface area contributed by atoms with Gasteiger partial charge in [0, 0.05) is 19.5 Å². The zero-order chi connectivity index (χ0) is 31.0. The van der Waals surface area contributed by atoms with Crippen LogP contribution in [0, 0.1) is 0 Å². The van der Waals surface area contributed by atoms with E-state index >= 15 is 0 Å². The van der Waals surface area contributed by atoms with E-state index in [9.17, 15) is 15.0 Å². The average molecular weight is 611 g/mol. The van der Waals surface area contributed by atoms with Crippen molar-refractivity contribution in [2.24, 2.45) is 0 Å². The first-order valence-corrected chi connectivity index (χ1v) is 14.7. The van der Waals surface area contributed by atoms with Crippen LogP contribution in [0.3, 0.4) is 0 Å². The van der Waals surface area contributed by atoms with E-state index in [1.54, 1.807) is 4.57 Å². The van der Waals surface area contributed by atoms with Crippen LogP contribution < -0.4 is 20.1 Å². The lowest BCUT2D eigenvalue weighted by Crippen LogP contribution is -2.39. The Kier molecular flexibility index (Phi) is 9.44. The number of nitrogens with zero attached hydrogens (tertiary/aromatic N) is 4. The lowest BCUT2D eigenvalue weighted by molar-refractivity contribution is -0.122. The van der Waals surface area contributed by atoms with Gasteiger partial charge in [0.05, 0.1) is 12.9 Å². The van der Waals surface area contributed by atoms with Crippen molar-refractivity contribution in [3.05, 3.63) is 103 Å². The van der Waals surface area contributed by atoms with Crippen molar-refractivity contribution >= 4 is 22.9 Å². The number of aliphatic hydroxyl groups excluding tert-OH is 2. The molecule has 3 aromatic carbocycles. The number of carbonyl (C=O) groups excluding carboxylic acids is 1. The molecule has 232 valence electrons. The zero-order valence-electron chi connectivity index (χ0n) is 24.4. The molecule has 0 unspecified atom stereocenters. The monoisotopic (exact) mass is 610 g/mol. The van der Waals surface area contributed by atoms with Crippen LogP contribution >= 0.6 is 0 Å². The van der Waals surface area contributed by atoms with E-state index in [0.717, 1.165) is 22.8 Å². The van der Waals surface area contributed by atoms with Crippen LogP contribution in [-0.2, 0) is 16.1 Å². The highest BCUT2D eigenvalue weighted by atomic mass is 16.6. The van der Waals surface area contributed by atoms with Gasteiger partial charge in [0.2, 0.25) is 5.91 Å². The number of anilines is 1. The summed E-state index contributed by atoms with van der Waals surface area (Å²) in [5.41, 5.74) is 1.92. The molecular weight excluding hydrogens is 576 g/mol. The molecule has 0 bridgehead atoms. The summed E-state index contributed by atoms with van der Waals surface area (Å²) >= 11 is 0. The van der Waals surface area contributed by atoms with Gasteiger partial charge in [-0.15, -0.1) is 0 Å². The predicted molar refractivity (Wildman–Crippen MR) is 166 cm³/mol. The van der Waals surface area contributed by atoms with E-state index in [1.165, 1.54) is 12.7 Å². The van der Waals surface area contributed by atoms with Crippen LogP contribution in [0.25, 0.3) is 11.2 Å². The van der Waals surface area contributed by atoms with E-state index in [2.05, 4.69) is 25.6 Å². The largest absolute Gasteiger partial charge is 0.494 e. The van der Waals surface area contributed by atoms with Gasteiger partial charge >= 0.3 is 0 Å². The fourth-order valence-corrected chi connectivity index (χ4v) is 5.02. The lowest BCUT2D eigenvalue weighted by atomic mass is 10.1. The number of carbonyl (C=O) groups is 1. The number of hydrogen-bond donors (Lipinski definition) is 4. The molecule has 1 aliphatic heterocycles. The molecule has 0 spiro atoms. The molecule has 12 heteroatoms. The highest BCUT2D eigenvalue weighted by Crippen LogP contribution is 2.32. The number of fused-ring (bicyclic) bond motifs is 1. The third kappa shape index (κ3) is 7.37. The lowest BCUT2D eigenvalue weighted by Gasteiger charge is -2.16. The molecule has 5 aromatic rings. The number of hydrogen-bond acceptors (Lipinski definition) is 10. The second kappa shape index (κ2) is 14.2. The van der Waals surface area contributed by atoms with Gasteiger partial charge in [-0.1, -0.05) is 48.5 Å². The molecule has 45 heavy (non-hydrogen) atoms. The normalized spacial score (nSPS) is 19.3. The zero-order valence-corrected chi connectivity index (χ0v) is 24.4. The number of rotatable bonds is 13. The summed E-state index contributed by atoms with van der Waals surface area (Å²) in [6.07, 6.45) is -0.567. The fraction of sp³-hybridized carbons (Fsp3) is 0.273. The Labute approximate surface area is 259 Å². The molecule has 2 aromatic heterocycles. The summed E-state index contributed by atoms with van der Waals surface area (Å²) in [7, 11) is 0. The highest BCUT2D eigenvalue weighted by Gasteiger charge is 2.44. The number of aromatic nitrogens is 4. The molecule has 1 saturated heterocycles. The SMILES string of the molecule is O=C(CCCOc1ccccc1)NC[C@H]1O[C@@H](n2cnc3c(NCc4ccc(Oc5ccccc5)cc4)ncnc32)[C@H](O)[C@@H]1O. The summed E-state index contributed by atoms with van der Waals surface area (Å²) < 4.78 is 19.0. The van der Waals surface area contributed by atoms with Crippen molar-refractivity contribution in [2.75, 3.05) is 18.5 Å². The first-order valence-electron chi connectivity index (χ1n) is 14.7. The van der Waals surface area contributed by atoms with E-state index in [-0.39, 0.29) is 18.9 Å². The third-order valence-corrected chi connectivity index (χ3v) is 7.39. The minimum Gasteiger partial charge on any atom is -0.494 e. The molecule has 0 saturated carbocycles. The van der Waals surface area contributed by atoms with E-state index < -0.39 is 24.5 Å². The summed E-state index contributed by atoms with van der Waals surface area (Å²) in [6.45, 7) is 0.923. The second-order valence-corrected chi connectivity index (χ2v) is 10.6. The maximum Gasteiger partial charge on any atom is 0.220 e. The molecule has 0 aliphatic carbocycles. The molecule has 4 atom stereocenters. The Morgan fingerprint density at radius 3 is 2.33 bits per heavy atom. The second-order valence-electron chi connectivity index (χ2n) is 10.6. The van der Waals surface area contributed by atoms with Crippen LogP contribution in [0.15, 0.2) is 97.6 Å². The molecule has 1 aliphatic rings. The summed E-state index contributed by atoms with van der Waals surface area (Å²) in [5, 5.41) is 27.6. The van der Waals surface area contributed by atoms with E-state index in [0.29, 0.717) is 36.6 Å². The number of imidazole rings is 1.